The zero-order chi connectivity index (χ0) is 15.7. The van der Waals surface area contributed by atoms with E-state index in [1.807, 2.05) is 22.7 Å². The standard InChI is InChI=1S/C16H21N3O3/c1-4-19-15-12(7-17-19)8-18(9-13(15)10-21-3)16(20)14-5-6-22-11(14)2/h5-7,13H,4,8-10H2,1-3H3. The smallest absolute Gasteiger partial charge is 0.257 e. The van der Waals surface area contributed by atoms with E-state index in [1.54, 1.807) is 19.4 Å². The van der Waals surface area contributed by atoms with Crippen LogP contribution >= 0.6 is 0 Å². The number of hydrogen-bond acceptors (Lipinski definition) is 4. The molecule has 2 aromatic rings. The Morgan fingerprint density at radius 3 is 3.00 bits per heavy atom. The number of methoxy groups -OCH3 is 1. The quantitative estimate of drug-likeness (QED) is 0.868. The van der Waals surface area contributed by atoms with Gasteiger partial charge in [-0.2, -0.15) is 5.10 Å². The van der Waals surface area contributed by atoms with Crippen molar-refractivity contribution in [3.8, 4) is 0 Å². The molecule has 0 fully saturated rings. The molecule has 0 radical (unpaired) electrons. The van der Waals surface area contributed by atoms with E-state index in [-0.39, 0.29) is 11.8 Å². The molecule has 1 aliphatic rings. The number of carbonyl (C=O) groups excluding carboxylic acids is 1. The lowest BCUT2D eigenvalue weighted by Gasteiger charge is -2.33. The van der Waals surface area contributed by atoms with Gasteiger partial charge in [-0.15, -0.1) is 0 Å². The molecule has 2 aromatic heterocycles. The van der Waals surface area contributed by atoms with Crippen LogP contribution in [0.4, 0.5) is 0 Å². The highest BCUT2D eigenvalue weighted by Crippen LogP contribution is 2.30. The maximum absolute atomic E-state index is 12.7. The van der Waals surface area contributed by atoms with Crippen LogP contribution in [-0.2, 0) is 17.8 Å². The number of ether oxygens (including phenoxy) is 1. The summed E-state index contributed by atoms with van der Waals surface area (Å²) >= 11 is 0. The minimum atomic E-state index is 0.00208. The number of nitrogens with zero attached hydrogens (tertiary/aromatic N) is 3. The van der Waals surface area contributed by atoms with Crippen molar-refractivity contribution < 1.29 is 13.9 Å². The van der Waals surface area contributed by atoms with Crippen molar-refractivity contribution in [2.45, 2.75) is 32.9 Å². The second kappa shape index (κ2) is 5.96. The molecule has 1 aliphatic heterocycles. The molecule has 0 N–H and O–H groups in total. The van der Waals surface area contributed by atoms with E-state index in [0.29, 0.717) is 31.0 Å². The summed E-state index contributed by atoms with van der Waals surface area (Å²) in [4.78, 5) is 14.6. The highest BCUT2D eigenvalue weighted by Gasteiger charge is 2.32. The third-order valence-corrected chi connectivity index (χ3v) is 4.19. The molecule has 0 bridgehead atoms. The van der Waals surface area contributed by atoms with E-state index in [9.17, 15) is 4.79 Å². The highest BCUT2D eigenvalue weighted by molar-refractivity contribution is 5.95. The molecule has 0 aliphatic carbocycles. The topological polar surface area (TPSA) is 60.5 Å². The monoisotopic (exact) mass is 303 g/mol. The van der Waals surface area contributed by atoms with Crippen molar-refractivity contribution in [1.29, 1.82) is 0 Å². The SMILES string of the molecule is CCn1ncc2c1C(COC)CN(C(=O)c1ccoc1C)C2. The summed E-state index contributed by atoms with van der Waals surface area (Å²) < 4.78 is 12.6. The van der Waals surface area contributed by atoms with Crippen molar-refractivity contribution in [2.75, 3.05) is 20.3 Å². The van der Waals surface area contributed by atoms with Gasteiger partial charge in [-0.25, -0.2) is 0 Å². The first-order chi connectivity index (χ1) is 10.7. The van der Waals surface area contributed by atoms with Gasteiger partial charge in [-0.05, 0) is 19.9 Å². The average molecular weight is 303 g/mol. The fraction of sp³-hybridized carbons (Fsp3) is 0.500. The summed E-state index contributed by atoms with van der Waals surface area (Å²) in [5.41, 5.74) is 2.92. The molecule has 0 spiro atoms. The molecular weight excluding hydrogens is 282 g/mol. The summed E-state index contributed by atoms with van der Waals surface area (Å²) in [6, 6.07) is 1.73. The minimum Gasteiger partial charge on any atom is -0.469 e. The highest BCUT2D eigenvalue weighted by atomic mass is 16.5. The number of fused-ring (bicyclic) bond motifs is 1. The lowest BCUT2D eigenvalue weighted by atomic mass is 9.96. The molecule has 3 rings (SSSR count). The zero-order valence-electron chi connectivity index (χ0n) is 13.2. The van der Waals surface area contributed by atoms with Crippen LogP contribution in [0.3, 0.4) is 0 Å². The Morgan fingerprint density at radius 2 is 2.36 bits per heavy atom. The first-order valence-corrected chi connectivity index (χ1v) is 7.52. The van der Waals surface area contributed by atoms with Crippen LogP contribution in [0.5, 0.6) is 0 Å². The van der Waals surface area contributed by atoms with Gasteiger partial charge in [0.2, 0.25) is 0 Å². The van der Waals surface area contributed by atoms with E-state index in [1.165, 1.54) is 5.69 Å². The molecule has 6 heteroatoms. The summed E-state index contributed by atoms with van der Waals surface area (Å²) in [6.07, 6.45) is 3.42. The van der Waals surface area contributed by atoms with Gasteiger partial charge in [-0.1, -0.05) is 0 Å². The van der Waals surface area contributed by atoms with Gasteiger partial charge in [0, 0.05) is 38.2 Å². The van der Waals surface area contributed by atoms with Crippen molar-refractivity contribution in [2.24, 2.45) is 0 Å². The Hall–Kier alpha value is -2.08. The molecule has 1 atom stereocenters. The number of aryl methyl sites for hydroxylation is 2. The van der Waals surface area contributed by atoms with E-state index in [2.05, 4.69) is 12.0 Å². The third kappa shape index (κ3) is 2.43. The molecule has 6 nitrogen and oxygen atoms in total. The van der Waals surface area contributed by atoms with Crippen LogP contribution in [0.2, 0.25) is 0 Å². The molecule has 1 unspecified atom stereocenters. The number of aromatic nitrogens is 2. The Bertz CT molecular complexity index is 674. The first kappa shape index (κ1) is 14.8. The zero-order valence-corrected chi connectivity index (χ0v) is 13.2. The Kier molecular flexibility index (Phi) is 4.02. The van der Waals surface area contributed by atoms with Gasteiger partial charge in [0.15, 0.2) is 0 Å². The van der Waals surface area contributed by atoms with Crippen LogP contribution in [0, 0.1) is 6.92 Å². The van der Waals surface area contributed by atoms with Crippen LogP contribution in [0.15, 0.2) is 22.9 Å². The van der Waals surface area contributed by atoms with E-state index in [4.69, 9.17) is 9.15 Å². The predicted molar refractivity (Wildman–Crippen MR) is 80.7 cm³/mol. The summed E-state index contributed by atoms with van der Waals surface area (Å²) in [5, 5.41) is 4.43. The van der Waals surface area contributed by atoms with Crippen LogP contribution in [0.1, 0.15) is 40.2 Å². The Labute approximate surface area is 129 Å². The average Bonchev–Trinajstić information content (AvgIpc) is 3.12. The van der Waals surface area contributed by atoms with Crippen LogP contribution in [0.25, 0.3) is 0 Å². The first-order valence-electron chi connectivity index (χ1n) is 7.52. The van der Waals surface area contributed by atoms with E-state index < -0.39 is 0 Å². The van der Waals surface area contributed by atoms with Crippen molar-refractivity contribution >= 4 is 5.91 Å². The molecule has 1 amide bonds. The van der Waals surface area contributed by atoms with Gasteiger partial charge < -0.3 is 14.1 Å². The maximum atomic E-state index is 12.7. The van der Waals surface area contributed by atoms with Gasteiger partial charge >= 0.3 is 0 Å². The molecule has 3 heterocycles. The summed E-state index contributed by atoms with van der Waals surface area (Å²) in [5.74, 6) is 0.804. The molecule has 22 heavy (non-hydrogen) atoms. The largest absolute Gasteiger partial charge is 0.469 e. The van der Waals surface area contributed by atoms with Crippen LogP contribution in [-0.4, -0.2) is 40.8 Å². The fourth-order valence-corrected chi connectivity index (χ4v) is 3.17. The molecule has 118 valence electrons. The van der Waals surface area contributed by atoms with Crippen molar-refractivity contribution in [3.63, 3.8) is 0 Å². The summed E-state index contributed by atoms with van der Waals surface area (Å²) in [6.45, 7) is 6.50. The van der Waals surface area contributed by atoms with Gasteiger partial charge in [0.1, 0.15) is 5.76 Å². The van der Waals surface area contributed by atoms with Crippen molar-refractivity contribution in [3.05, 3.63) is 41.1 Å². The molecule has 0 saturated heterocycles. The van der Waals surface area contributed by atoms with Gasteiger partial charge in [0.25, 0.3) is 5.91 Å². The molecule has 0 aromatic carbocycles. The Balaban J connectivity index is 1.90. The number of hydrogen-bond donors (Lipinski definition) is 0. The predicted octanol–water partition coefficient (Wildman–Crippen LogP) is 2.19. The Morgan fingerprint density at radius 1 is 1.55 bits per heavy atom. The fourth-order valence-electron chi connectivity index (χ4n) is 3.17. The van der Waals surface area contributed by atoms with Crippen LogP contribution < -0.4 is 0 Å². The van der Waals surface area contributed by atoms with Gasteiger partial charge in [-0.3, -0.25) is 9.48 Å². The number of rotatable bonds is 4. The number of carbonyl (C=O) groups is 1. The second-order valence-electron chi connectivity index (χ2n) is 5.60. The summed E-state index contributed by atoms with van der Waals surface area (Å²) in [7, 11) is 1.69. The lowest BCUT2D eigenvalue weighted by molar-refractivity contribution is 0.0673. The minimum absolute atomic E-state index is 0.00208. The number of furan rings is 1. The maximum Gasteiger partial charge on any atom is 0.257 e. The molecule has 0 saturated carbocycles. The lowest BCUT2D eigenvalue weighted by Crippen LogP contribution is -2.40. The normalized spacial score (nSPS) is 17.6. The number of amides is 1. The second-order valence-corrected chi connectivity index (χ2v) is 5.60. The molecular formula is C16H21N3O3. The van der Waals surface area contributed by atoms with E-state index in [0.717, 1.165) is 12.1 Å². The third-order valence-electron chi connectivity index (χ3n) is 4.19. The van der Waals surface area contributed by atoms with E-state index >= 15 is 0 Å². The van der Waals surface area contributed by atoms with Crippen molar-refractivity contribution in [1.82, 2.24) is 14.7 Å². The van der Waals surface area contributed by atoms with Gasteiger partial charge in [0.05, 0.1) is 30.3 Å².